The van der Waals surface area contributed by atoms with Crippen molar-refractivity contribution in [3.05, 3.63) is 27.4 Å². The Morgan fingerprint density at radius 2 is 2.41 bits per heavy atom. The van der Waals surface area contributed by atoms with Crippen LogP contribution >= 0.6 is 11.6 Å². The third-order valence-electron chi connectivity index (χ3n) is 3.12. The Hall–Kier alpha value is -1.36. The molecule has 92 valence electrons. The van der Waals surface area contributed by atoms with Crippen molar-refractivity contribution >= 4 is 23.1 Å². The number of hydrogen-bond donors (Lipinski definition) is 0. The Bertz CT molecular complexity index is 439. The molecule has 5 nitrogen and oxygen atoms in total. The predicted octanol–water partition coefficient (Wildman–Crippen LogP) is 3.02. The molecule has 1 aliphatic rings. The lowest BCUT2D eigenvalue weighted by molar-refractivity contribution is -0.384. The normalized spacial score (nSPS) is 19.6. The maximum Gasteiger partial charge on any atom is 0.276 e. The summed E-state index contributed by atoms with van der Waals surface area (Å²) in [6, 6.07) is 3.20. The average Bonchev–Trinajstić information content (AvgIpc) is 2.76. The highest BCUT2D eigenvalue weighted by Gasteiger charge is 2.25. The van der Waals surface area contributed by atoms with Crippen LogP contribution in [0.1, 0.15) is 26.2 Å². The summed E-state index contributed by atoms with van der Waals surface area (Å²) < 4.78 is 0. The Balaban J connectivity index is 2.34. The van der Waals surface area contributed by atoms with E-state index in [1.807, 2.05) is 0 Å². The summed E-state index contributed by atoms with van der Waals surface area (Å²) in [5, 5.41) is 10.9. The number of pyridine rings is 1. The van der Waals surface area contributed by atoms with Crippen LogP contribution in [-0.4, -0.2) is 22.5 Å². The standard InChI is InChI=1S/C11H14ClN3O2/c1-2-8-4-3-5-14(8)11-7-9(15(16)17)6-10(12)13-11/h6-8H,2-5H2,1H3. The van der Waals surface area contributed by atoms with Gasteiger partial charge in [-0.05, 0) is 19.3 Å². The van der Waals surface area contributed by atoms with E-state index < -0.39 is 4.92 Å². The molecule has 1 aromatic rings. The van der Waals surface area contributed by atoms with E-state index in [9.17, 15) is 10.1 Å². The van der Waals surface area contributed by atoms with E-state index in [-0.39, 0.29) is 10.8 Å². The van der Waals surface area contributed by atoms with Crippen LogP contribution in [-0.2, 0) is 0 Å². The van der Waals surface area contributed by atoms with Crippen molar-refractivity contribution < 1.29 is 4.92 Å². The molecule has 1 aromatic heterocycles. The number of rotatable bonds is 3. The van der Waals surface area contributed by atoms with Crippen molar-refractivity contribution in [2.45, 2.75) is 32.2 Å². The molecule has 2 heterocycles. The van der Waals surface area contributed by atoms with E-state index in [4.69, 9.17) is 11.6 Å². The molecule has 1 aliphatic heterocycles. The van der Waals surface area contributed by atoms with Crippen molar-refractivity contribution in [3.8, 4) is 0 Å². The van der Waals surface area contributed by atoms with Gasteiger partial charge in [0.05, 0.1) is 17.1 Å². The molecule has 1 unspecified atom stereocenters. The van der Waals surface area contributed by atoms with Crippen LogP contribution in [0.5, 0.6) is 0 Å². The highest BCUT2D eigenvalue weighted by atomic mass is 35.5. The van der Waals surface area contributed by atoms with Gasteiger partial charge in [0.15, 0.2) is 0 Å². The first-order chi connectivity index (χ1) is 8.11. The van der Waals surface area contributed by atoms with Crippen molar-refractivity contribution in [1.29, 1.82) is 0 Å². The average molecular weight is 256 g/mol. The Morgan fingerprint density at radius 1 is 1.65 bits per heavy atom. The van der Waals surface area contributed by atoms with Gasteiger partial charge in [-0.3, -0.25) is 10.1 Å². The largest absolute Gasteiger partial charge is 0.353 e. The van der Waals surface area contributed by atoms with Gasteiger partial charge < -0.3 is 4.90 Å². The van der Waals surface area contributed by atoms with Gasteiger partial charge in [0.25, 0.3) is 5.69 Å². The fourth-order valence-electron chi connectivity index (χ4n) is 2.28. The zero-order chi connectivity index (χ0) is 12.4. The number of aromatic nitrogens is 1. The number of nitrogens with zero attached hydrogens (tertiary/aromatic N) is 3. The Morgan fingerprint density at radius 3 is 3.06 bits per heavy atom. The van der Waals surface area contributed by atoms with Crippen LogP contribution in [0.15, 0.2) is 12.1 Å². The molecule has 0 radical (unpaired) electrons. The smallest absolute Gasteiger partial charge is 0.276 e. The maximum absolute atomic E-state index is 10.8. The lowest BCUT2D eigenvalue weighted by Gasteiger charge is -2.24. The van der Waals surface area contributed by atoms with E-state index in [2.05, 4.69) is 16.8 Å². The molecule has 0 N–H and O–H groups in total. The number of hydrogen-bond acceptors (Lipinski definition) is 4. The molecular weight excluding hydrogens is 242 g/mol. The Kier molecular flexibility index (Phi) is 3.47. The van der Waals surface area contributed by atoms with Crippen LogP contribution in [0.4, 0.5) is 11.5 Å². The van der Waals surface area contributed by atoms with E-state index in [0.717, 1.165) is 25.8 Å². The minimum atomic E-state index is -0.436. The highest BCUT2D eigenvalue weighted by molar-refractivity contribution is 6.29. The van der Waals surface area contributed by atoms with Gasteiger partial charge in [0, 0.05) is 12.6 Å². The molecule has 0 bridgehead atoms. The van der Waals surface area contributed by atoms with Gasteiger partial charge in [-0.1, -0.05) is 18.5 Å². The van der Waals surface area contributed by atoms with Gasteiger partial charge in [0.2, 0.25) is 0 Å². The lowest BCUT2D eigenvalue weighted by Crippen LogP contribution is -2.29. The van der Waals surface area contributed by atoms with E-state index >= 15 is 0 Å². The minimum absolute atomic E-state index is 0.00162. The topological polar surface area (TPSA) is 59.3 Å². The molecular formula is C11H14ClN3O2. The number of anilines is 1. The number of halogens is 1. The summed E-state index contributed by atoms with van der Waals surface area (Å²) in [6.07, 6.45) is 3.22. The quantitative estimate of drug-likeness (QED) is 0.473. The van der Waals surface area contributed by atoms with Gasteiger partial charge in [-0.15, -0.1) is 0 Å². The molecule has 0 amide bonds. The van der Waals surface area contributed by atoms with E-state index in [1.165, 1.54) is 12.1 Å². The van der Waals surface area contributed by atoms with E-state index in [1.54, 1.807) is 0 Å². The zero-order valence-electron chi connectivity index (χ0n) is 9.60. The number of nitro groups is 1. The van der Waals surface area contributed by atoms with Gasteiger partial charge in [-0.25, -0.2) is 4.98 Å². The molecule has 17 heavy (non-hydrogen) atoms. The minimum Gasteiger partial charge on any atom is -0.353 e. The molecule has 0 aromatic carbocycles. The molecule has 0 spiro atoms. The first-order valence-corrected chi connectivity index (χ1v) is 6.08. The fraction of sp³-hybridized carbons (Fsp3) is 0.545. The van der Waals surface area contributed by atoms with Crippen molar-refractivity contribution in [2.24, 2.45) is 0 Å². The first kappa shape index (κ1) is 12.1. The summed E-state index contributed by atoms with van der Waals surface area (Å²) in [5.41, 5.74) is 0.00162. The monoisotopic (exact) mass is 255 g/mol. The van der Waals surface area contributed by atoms with Crippen LogP contribution in [0.2, 0.25) is 5.15 Å². The van der Waals surface area contributed by atoms with Gasteiger partial charge in [0.1, 0.15) is 11.0 Å². The Labute approximate surface area is 105 Å². The molecule has 1 fully saturated rings. The third-order valence-corrected chi connectivity index (χ3v) is 3.31. The predicted molar refractivity (Wildman–Crippen MR) is 66.6 cm³/mol. The van der Waals surface area contributed by atoms with Crippen LogP contribution in [0.3, 0.4) is 0 Å². The van der Waals surface area contributed by atoms with Crippen molar-refractivity contribution in [1.82, 2.24) is 4.98 Å². The van der Waals surface area contributed by atoms with E-state index in [0.29, 0.717) is 11.9 Å². The maximum atomic E-state index is 10.8. The summed E-state index contributed by atoms with van der Waals surface area (Å²) >= 11 is 5.82. The molecule has 0 saturated carbocycles. The SMILES string of the molecule is CCC1CCCN1c1cc([N+](=O)[O-])cc(Cl)n1. The van der Waals surface area contributed by atoms with Crippen LogP contribution in [0.25, 0.3) is 0 Å². The van der Waals surface area contributed by atoms with Gasteiger partial charge >= 0.3 is 0 Å². The molecule has 6 heteroatoms. The summed E-state index contributed by atoms with van der Waals surface area (Å²) in [7, 11) is 0. The van der Waals surface area contributed by atoms with Crippen LogP contribution < -0.4 is 4.90 Å². The fourth-order valence-corrected chi connectivity index (χ4v) is 2.48. The van der Waals surface area contributed by atoms with Crippen molar-refractivity contribution in [3.63, 3.8) is 0 Å². The van der Waals surface area contributed by atoms with Crippen molar-refractivity contribution in [2.75, 3.05) is 11.4 Å². The molecule has 0 aliphatic carbocycles. The van der Waals surface area contributed by atoms with Crippen LogP contribution in [0, 0.1) is 10.1 Å². The second kappa shape index (κ2) is 4.87. The second-order valence-electron chi connectivity index (χ2n) is 4.16. The second-order valence-corrected chi connectivity index (χ2v) is 4.55. The third kappa shape index (κ3) is 2.49. The molecule has 2 rings (SSSR count). The lowest BCUT2D eigenvalue weighted by atomic mass is 10.2. The molecule has 1 atom stereocenters. The zero-order valence-corrected chi connectivity index (χ0v) is 10.4. The summed E-state index contributed by atoms with van der Waals surface area (Å²) in [6.45, 7) is 3.00. The highest BCUT2D eigenvalue weighted by Crippen LogP contribution is 2.29. The molecule has 1 saturated heterocycles. The van der Waals surface area contributed by atoms with Gasteiger partial charge in [-0.2, -0.15) is 0 Å². The first-order valence-electron chi connectivity index (χ1n) is 5.70. The summed E-state index contributed by atoms with van der Waals surface area (Å²) in [4.78, 5) is 16.6. The summed E-state index contributed by atoms with van der Waals surface area (Å²) in [5.74, 6) is 0.619.